The highest BCUT2D eigenvalue weighted by Gasteiger charge is 2.37. The van der Waals surface area contributed by atoms with Crippen LogP contribution in [0.5, 0.6) is 0 Å². The fraction of sp³-hybridized carbons (Fsp3) is 0.833. The van der Waals surface area contributed by atoms with E-state index in [1.54, 1.807) is 4.90 Å². The summed E-state index contributed by atoms with van der Waals surface area (Å²) in [6, 6.07) is -0.759. The lowest BCUT2D eigenvalue weighted by Gasteiger charge is -2.32. The first-order chi connectivity index (χ1) is 7.73. The second-order valence-electron chi connectivity index (χ2n) is 5.77. The Bertz CT molecular complexity index is 309. The lowest BCUT2D eigenvalue weighted by atomic mass is 9.86. The third-order valence-corrected chi connectivity index (χ3v) is 3.27. The van der Waals surface area contributed by atoms with E-state index in [0.717, 1.165) is 12.8 Å². The summed E-state index contributed by atoms with van der Waals surface area (Å²) in [7, 11) is 0. The molecule has 0 radical (unpaired) electrons. The third-order valence-electron chi connectivity index (χ3n) is 3.27. The first-order valence-corrected chi connectivity index (χ1v) is 6.01. The highest BCUT2D eigenvalue weighted by Crippen LogP contribution is 2.25. The molecule has 5 nitrogen and oxygen atoms in total. The number of rotatable bonds is 3. The third kappa shape index (κ3) is 3.43. The molecule has 0 saturated carbocycles. The van der Waals surface area contributed by atoms with Gasteiger partial charge in [-0.05, 0) is 18.3 Å². The van der Waals surface area contributed by atoms with Crippen molar-refractivity contribution in [3.63, 3.8) is 0 Å². The van der Waals surface area contributed by atoms with Gasteiger partial charge in [0, 0.05) is 12.6 Å². The van der Waals surface area contributed by atoms with Crippen LogP contribution in [0.15, 0.2) is 0 Å². The van der Waals surface area contributed by atoms with Crippen LogP contribution >= 0.6 is 0 Å². The van der Waals surface area contributed by atoms with Crippen LogP contribution in [-0.4, -0.2) is 40.5 Å². The molecule has 98 valence electrons. The normalized spacial score (nSPS) is 22.6. The van der Waals surface area contributed by atoms with Crippen LogP contribution in [0.4, 0.5) is 0 Å². The zero-order chi connectivity index (χ0) is 13.2. The molecule has 0 aromatic rings. The van der Waals surface area contributed by atoms with Crippen LogP contribution in [0, 0.1) is 5.41 Å². The molecule has 0 aliphatic carbocycles. The van der Waals surface area contributed by atoms with Gasteiger partial charge in [0.05, 0.1) is 12.5 Å². The van der Waals surface area contributed by atoms with E-state index in [2.05, 4.69) is 0 Å². The number of likely N-dealkylation sites (tertiary alicyclic amines) is 1. The van der Waals surface area contributed by atoms with Gasteiger partial charge in [-0.1, -0.05) is 20.8 Å². The predicted octanol–water partition coefficient (Wildman–Crippen LogP) is 0.825. The van der Waals surface area contributed by atoms with E-state index < -0.39 is 12.0 Å². The Morgan fingerprint density at radius 1 is 1.47 bits per heavy atom. The van der Waals surface area contributed by atoms with Crippen molar-refractivity contribution >= 4 is 11.9 Å². The number of aliphatic carboxylic acids is 1. The largest absolute Gasteiger partial charge is 0.481 e. The highest BCUT2D eigenvalue weighted by atomic mass is 16.4. The van der Waals surface area contributed by atoms with Crippen molar-refractivity contribution in [3.8, 4) is 0 Å². The summed E-state index contributed by atoms with van der Waals surface area (Å²) in [6.45, 7) is 6.37. The van der Waals surface area contributed by atoms with Gasteiger partial charge >= 0.3 is 5.97 Å². The van der Waals surface area contributed by atoms with E-state index >= 15 is 0 Å². The van der Waals surface area contributed by atoms with Crippen molar-refractivity contribution in [1.82, 2.24) is 4.90 Å². The van der Waals surface area contributed by atoms with Crippen molar-refractivity contribution < 1.29 is 14.7 Å². The van der Waals surface area contributed by atoms with E-state index in [9.17, 15) is 9.59 Å². The SMILES string of the molecule is CC(C)(C)[C@H](N)C(=O)N1CCCC1CC(=O)O. The van der Waals surface area contributed by atoms with Gasteiger partial charge in [0.1, 0.15) is 0 Å². The number of carboxylic acid groups (broad SMARTS) is 1. The topological polar surface area (TPSA) is 83.6 Å². The summed E-state index contributed by atoms with van der Waals surface area (Å²) in [4.78, 5) is 24.6. The number of carbonyl (C=O) groups is 2. The molecule has 0 aromatic heterocycles. The monoisotopic (exact) mass is 242 g/mol. The van der Waals surface area contributed by atoms with Crippen molar-refractivity contribution in [3.05, 3.63) is 0 Å². The van der Waals surface area contributed by atoms with Gasteiger partial charge in [-0.15, -0.1) is 0 Å². The van der Waals surface area contributed by atoms with E-state index in [1.165, 1.54) is 0 Å². The van der Waals surface area contributed by atoms with Gasteiger partial charge < -0.3 is 15.7 Å². The lowest BCUT2D eigenvalue weighted by molar-refractivity contribution is -0.141. The van der Waals surface area contributed by atoms with Crippen molar-refractivity contribution in [2.75, 3.05) is 6.54 Å². The maximum Gasteiger partial charge on any atom is 0.305 e. The van der Waals surface area contributed by atoms with Gasteiger partial charge in [-0.2, -0.15) is 0 Å². The Balaban J connectivity index is 2.71. The molecular formula is C12H22N2O3. The second-order valence-corrected chi connectivity index (χ2v) is 5.77. The number of carbonyl (C=O) groups excluding carboxylic acids is 1. The number of amides is 1. The molecule has 0 spiro atoms. The summed E-state index contributed by atoms with van der Waals surface area (Å²) in [5.41, 5.74) is 5.63. The van der Waals surface area contributed by atoms with Gasteiger partial charge in [0.15, 0.2) is 0 Å². The van der Waals surface area contributed by atoms with Gasteiger partial charge in [0.25, 0.3) is 0 Å². The molecular weight excluding hydrogens is 220 g/mol. The predicted molar refractivity (Wildman–Crippen MR) is 64.4 cm³/mol. The molecule has 17 heavy (non-hydrogen) atoms. The van der Waals surface area contributed by atoms with Crippen LogP contribution in [-0.2, 0) is 9.59 Å². The summed E-state index contributed by atoms with van der Waals surface area (Å²) in [5, 5.41) is 8.80. The standard InChI is InChI=1S/C12H22N2O3/c1-12(2,3)10(13)11(17)14-6-4-5-8(14)7-9(15)16/h8,10H,4-7,13H2,1-3H3,(H,15,16)/t8?,10-/m1/s1. The molecule has 1 aliphatic heterocycles. The molecule has 0 aromatic carbocycles. The molecule has 5 heteroatoms. The zero-order valence-electron chi connectivity index (χ0n) is 10.8. The molecule has 1 rings (SSSR count). The van der Waals surface area contributed by atoms with Crippen LogP contribution in [0.3, 0.4) is 0 Å². The quantitative estimate of drug-likeness (QED) is 0.767. The van der Waals surface area contributed by atoms with E-state index in [0.29, 0.717) is 6.54 Å². The molecule has 1 heterocycles. The zero-order valence-corrected chi connectivity index (χ0v) is 10.8. The summed E-state index contributed by atoms with van der Waals surface area (Å²) < 4.78 is 0. The van der Waals surface area contributed by atoms with E-state index in [4.69, 9.17) is 10.8 Å². The Kier molecular flexibility index (Phi) is 4.14. The Hall–Kier alpha value is -1.10. The Morgan fingerprint density at radius 3 is 2.53 bits per heavy atom. The van der Waals surface area contributed by atoms with Crippen LogP contribution in [0.1, 0.15) is 40.0 Å². The average molecular weight is 242 g/mol. The van der Waals surface area contributed by atoms with Crippen molar-refractivity contribution in [2.45, 2.75) is 52.1 Å². The van der Waals surface area contributed by atoms with Crippen molar-refractivity contribution in [2.24, 2.45) is 11.1 Å². The molecule has 1 saturated heterocycles. The van der Waals surface area contributed by atoms with Crippen LogP contribution in [0.25, 0.3) is 0 Å². The minimum atomic E-state index is -0.862. The minimum Gasteiger partial charge on any atom is -0.481 e. The highest BCUT2D eigenvalue weighted by molar-refractivity contribution is 5.83. The fourth-order valence-corrected chi connectivity index (χ4v) is 2.09. The van der Waals surface area contributed by atoms with E-state index in [1.807, 2.05) is 20.8 Å². The molecule has 2 atom stereocenters. The number of hydrogen-bond acceptors (Lipinski definition) is 3. The fourth-order valence-electron chi connectivity index (χ4n) is 2.09. The van der Waals surface area contributed by atoms with Gasteiger partial charge in [-0.3, -0.25) is 9.59 Å². The lowest BCUT2D eigenvalue weighted by Crippen LogP contribution is -2.52. The average Bonchev–Trinajstić information content (AvgIpc) is 2.61. The molecule has 1 unspecified atom stereocenters. The minimum absolute atomic E-state index is 0.0165. The summed E-state index contributed by atoms with van der Waals surface area (Å²) in [5.74, 6) is -0.986. The van der Waals surface area contributed by atoms with Gasteiger partial charge in [-0.25, -0.2) is 0 Å². The van der Waals surface area contributed by atoms with Crippen LogP contribution < -0.4 is 5.73 Å². The number of carboxylic acids is 1. The first-order valence-electron chi connectivity index (χ1n) is 6.01. The smallest absolute Gasteiger partial charge is 0.305 e. The first kappa shape index (κ1) is 14.0. The van der Waals surface area contributed by atoms with Gasteiger partial charge in [0.2, 0.25) is 5.91 Å². The van der Waals surface area contributed by atoms with Crippen molar-refractivity contribution in [1.29, 1.82) is 0 Å². The number of nitrogens with two attached hydrogens (primary N) is 1. The second kappa shape index (κ2) is 5.04. The molecule has 1 fully saturated rings. The molecule has 0 bridgehead atoms. The molecule has 1 amide bonds. The maximum absolute atomic E-state index is 12.2. The maximum atomic E-state index is 12.2. The van der Waals surface area contributed by atoms with Crippen LogP contribution in [0.2, 0.25) is 0 Å². The molecule has 3 N–H and O–H groups in total. The number of nitrogens with zero attached hydrogens (tertiary/aromatic N) is 1. The summed E-state index contributed by atoms with van der Waals surface area (Å²) >= 11 is 0. The number of hydrogen-bond donors (Lipinski definition) is 2. The Morgan fingerprint density at radius 2 is 2.06 bits per heavy atom. The molecule has 1 aliphatic rings. The van der Waals surface area contributed by atoms with E-state index in [-0.39, 0.29) is 23.8 Å². The Labute approximate surface area is 102 Å². The summed E-state index contributed by atoms with van der Waals surface area (Å²) in [6.07, 6.45) is 1.64.